The zero-order valence-electron chi connectivity index (χ0n) is 20.4. The number of fused-ring (bicyclic) bond motifs is 1. The molecule has 4 aromatic rings. The van der Waals surface area contributed by atoms with E-state index in [0.29, 0.717) is 33.3 Å². The molecule has 1 aromatic carbocycles. The fraction of sp³-hybridized carbons (Fsp3) is 0.478. The minimum atomic E-state index is -3.63. The molecule has 192 valence electrons. The zero-order valence-corrected chi connectivity index (χ0v) is 22.0. The molecule has 1 atom stereocenters. The first kappa shape index (κ1) is 24.6. The highest BCUT2D eigenvalue weighted by Crippen LogP contribution is 2.31. The molecule has 10 nitrogen and oxygen atoms in total. The van der Waals surface area contributed by atoms with E-state index in [1.165, 1.54) is 29.5 Å². The van der Waals surface area contributed by atoms with Crippen LogP contribution in [0.5, 0.6) is 5.19 Å². The van der Waals surface area contributed by atoms with E-state index in [9.17, 15) is 12.8 Å². The van der Waals surface area contributed by atoms with Crippen LogP contribution < -0.4 is 9.64 Å². The maximum Gasteiger partial charge on any atom is 0.324 e. The van der Waals surface area contributed by atoms with Gasteiger partial charge in [-0.3, -0.25) is 0 Å². The summed E-state index contributed by atoms with van der Waals surface area (Å²) in [6.07, 6.45) is 4.48. The SMILES string of the molecule is CC(C)c1noc(N2CCC(C(C)Oc3nn4cc(-c5ccc(S(C)(=O)=O)c(F)c5)nc4s3)CC2)n1. The summed E-state index contributed by atoms with van der Waals surface area (Å²) >= 11 is 1.30. The van der Waals surface area contributed by atoms with Gasteiger partial charge >= 0.3 is 6.01 Å². The van der Waals surface area contributed by atoms with Gasteiger partial charge < -0.3 is 14.2 Å². The highest BCUT2D eigenvalue weighted by Gasteiger charge is 2.28. The monoisotopic (exact) mass is 534 g/mol. The molecular formula is C23H27FN6O4S2. The molecule has 1 saturated heterocycles. The normalized spacial score (nSPS) is 16.2. The standard InChI is InChI=1S/C23H27FN6O4S2/c1-13(2)20-26-21(34-28-20)29-9-7-15(8-10-29)14(3)33-23-27-30-12-18(25-22(30)35-23)16-5-6-19(17(24)11-16)36(4,31)32/h5-6,11-15H,7-10H2,1-4H3. The molecule has 0 spiro atoms. The van der Waals surface area contributed by atoms with Gasteiger partial charge in [0.1, 0.15) is 16.8 Å². The van der Waals surface area contributed by atoms with E-state index < -0.39 is 15.7 Å². The molecule has 0 aliphatic carbocycles. The van der Waals surface area contributed by atoms with Crippen LogP contribution in [0.4, 0.5) is 10.4 Å². The van der Waals surface area contributed by atoms with Crippen LogP contribution in [0, 0.1) is 11.7 Å². The average molecular weight is 535 g/mol. The highest BCUT2D eigenvalue weighted by molar-refractivity contribution is 7.90. The van der Waals surface area contributed by atoms with Gasteiger partial charge in [-0.25, -0.2) is 22.3 Å². The Morgan fingerprint density at radius 1 is 1.19 bits per heavy atom. The summed E-state index contributed by atoms with van der Waals surface area (Å²) < 4.78 is 50.7. The number of benzene rings is 1. The number of aromatic nitrogens is 5. The van der Waals surface area contributed by atoms with Gasteiger partial charge in [0, 0.05) is 30.8 Å². The van der Waals surface area contributed by atoms with Crippen molar-refractivity contribution >= 4 is 32.1 Å². The maximum absolute atomic E-state index is 14.3. The van der Waals surface area contributed by atoms with E-state index >= 15 is 0 Å². The summed E-state index contributed by atoms with van der Waals surface area (Å²) in [4.78, 5) is 11.4. The molecule has 36 heavy (non-hydrogen) atoms. The number of imidazole rings is 1. The van der Waals surface area contributed by atoms with E-state index in [2.05, 4.69) is 25.1 Å². The number of hydrogen-bond acceptors (Lipinski definition) is 10. The Balaban J connectivity index is 1.21. The number of ether oxygens (including phenoxy) is 1. The molecule has 4 heterocycles. The van der Waals surface area contributed by atoms with Crippen LogP contribution in [-0.2, 0) is 9.84 Å². The first-order valence-electron chi connectivity index (χ1n) is 11.7. The molecule has 13 heteroatoms. The predicted molar refractivity (Wildman–Crippen MR) is 133 cm³/mol. The van der Waals surface area contributed by atoms with Gasteiger partial charge in [0.2, 0.25) is 4.96 Å². The van der Waals surface area contributed by atoms with Gasteiger partial charge in [0.25, 0.3) is 5.19 Å². The second kappa shape index (κ2) is 9.43. The highest BCUT2D eigenvalue weighted by atomic mass is 32.2. The van der Waals surface area contributed by atoms with E-state index in [1.807, 2.05) is 20.8 Å². The first-order valence-corrected chi connectivity index (χ1v) is 14.4. The summed E-state index contributed by atoms with van der Waals surface area (Å²) in [6, 6.07) is 4.54. The minimum Gasteiger partial charge on any atom is -0.466 e. The molecule has 0 N–H and O–H groups in total. The predicted octanol–water partition coefficient (Wildman–Crippen LogP) is 4.19. The summed E-state index contributed by atoms with van der Waals surface area (Å²) in [5, 5.41) is 9.03. The molecule has 0 amide bonds. The zero-order chi connectivity index (χ0) is 25.6. The summed E-state index contributed by atoms with van der Waals surface area (Å²) in [5.74, 6) is 0.502. The van der Waals surface area contributed by atoms with Gasteiger partial charge in [-0.15, -0.1) is 5.10 Å². The van der Waals surface area contributed by atoms with Crippen molar-refractivity contribution in [3.8, 4) is 16.5 Å². The maximum atomic E-state index is 14.3. The third-order valence-electron chi connectivity index (χ3n) is 6.36. The molecule has 1 aliphatic rings. The second-order valence-corrected chi connectivity index (χ2v) is 12.3. The smallest absolute Gasteiger partial charge is 0.324 e. The Kier molecular flexibility index (Phi) is 6.45. The van der Waals surface area contributed by atoms with E-state index in [4.69, 9.17) is 9.26 Å². The number of piperidine rings is 1. The van der Waals surface area contributed by atoms with E-state index in [1.54, 1.807) is 10.7 Å². The van der Waals surface area contributed by atoms with Gasteiger partial charge in [0.15, 0.2) is 15.7 Å². The quantitative estimate of drug-likeness (QED) is 0.344. The van der Waals surface area contributed by atoms with E-state index in [-0.39, 0.29) is 16.9 Å². The Bertz CT molecular complexity index is 1460. The fourth-order valence-electron chi connectivity index (χ4n) is 4.23. The van der Waals surface area contributed by atoms with Gasteiger partial charge in [0.05, 0.1) is 11.9 Å². The summed E-state index contributed by atoms with van der Waals surface area (Å²) in [5.41, 5.74) is 0.975. The molecule has 0 radical (unpaired) electrons. The lowest BCUT2D eigenvalue weighted by Crippen LogP contribution is -2.38. The lowest BCUT2D eigenvalue weighted by atomic mass is 9.92. The number of anilines is 1. The first-order chi connectivity index (χ1) is 17.1. The third-order valence-corrected chi connectivity index (χ3v) is 8.30. The molecule has 1 aliphatic heterocycles. The van der Waals surface area contributed by atoms with Gasteiger partial charge in [-0.2, -0.15) is 4.98 Å². The van der Waals surface area contributed by atoms with Crippen molar-refractivity contribution in [1.29, 1.82) is 0 Å². The van der Waals surface area contributed by atoms with Crippen molar-refractivity contribution in [3.63, 3.8) is 0 Å². The Morgan fingerprint density at radius 3 is 2.56 bits per heavy atom. The molecule has 0 bridgehead atoms. The molecule has 1 unspecified atom stereocenters. The number of sulfone groups is 1. The minimum absolute atomic E-state index is 0.0333. The van der Waals surface area contributed by atoms with Crippen LogP contribution in [0.1, 0.15) is 45.4 Å². The lowest BCUT2D eigenvalue weighted by Gasteiger charge is -2.33. The summed E-state index contributed by atoms with van der Waals surface area (Å²) in [6.45, 7) is 7.75. The topological polar surface area (TPSA) is 116 Å². The van der Waals surface area contributed by atoms with Crippen molar-refractivity contribution in [2.75, 3.05) is 24.2 Å². The fourth-order valence-corrected chi connectivity index (χ4v) is 5.78. The molecule has 1 fully saturated rings. The van der Waals surface area contributed by atoms with E-state index in [0.717, 1.165) is 38.0 Å². The number of nitrogens with zero attached hydrogens (tertiary/aromatic N) is 6. The molecular weight excluding hydrogens is 507 g/mol. The van der Waals surface area contributed by atoms with Crippen LogP contribution in [0.15, 0.2) is 33.8 Å². The van der Waals surface area contributed by atoms with Crippen molar-refractivity contribution in [1.82, 2.24) is 24.7 Å². The third kappa shape index (κ3) is 4.94. The van der Waals surface area contributed by atoms with Crippen LogP contribution in [0.2, 0.25) is 0 Å². The van der Waals surface area contributed by atoms with Crippen LogP contribution in [0.25, 0.3) is 16.2 Å². The Labute approximate surface area is 212 Å². The van der Waals surface area contributed by atoms with Gasteiger partial charge in [-0.05, 0) is 49.2 Å². The van der Waals surface area contributed by atoms with Crippen molar-refractivity contribution < 1.29 is 22.1 Å². The Hall–Kier alpha value is -3.06. The van der Waals surface area contributed by atoms with Crippen molar-refractivity contribution in [3.05, 3.63) is 36.0 Å². The van der Waals surface area contributed by atoms with Crippen LogP contribution in [-0.4, -0.2) is 58.6 Å². The molecule has 3 aromatic heterocycles. The van der Waals surface area contributed by atoms with Crippen molar-refractivity contribution in [2.45, 2.75) is 50.5 Å². The number of hydrogen-bond donors (Lipinski definition) is 0. The number of halogens is 1. The van der Waals surface area contributed by atoms with Crippen molar-refractivity contribution in [2.24, 2.45) is 5.92 Å². The lowest BCUT2D eigenvalue weighted by molar-refractivity contribution is 0.130. The van der Waals surface area contributed by atoms with Gasteiger partial charge in [-0.1, -0.05) is 25.1 Å². The van der Waals surface area contributed by atoms with Crippen LogP contribution in [0.3, 0.4) is 0 Å². The molecule has 0 saturated carbocycles. The number of rotatable bonds is 7. The Morgan fingerprint density at radius 2 is 1.94 bits per heavy atom. The van der Waals surface area contributed by atoms with Crippen LogP contribution >= 0.6 is 11.3 Å². The average Bonchev–Trinajstić information content (AvgIpc) is 3.53. The molecule has 5 rings (SSSR count). The second-order valence-electron chi connectivity index (χ2n) is 9.38. The largest absolute Gasteiger partial charge is 0.466 e. The summed E-state index contributed by atoms with van der Waals surface area (Å²) in [7, 11) is -3.63.